The predicted molar refractivity (Wildman–Crippen MR) is 217 cm³/mol. The van der Waals surface area contributed by atoms with Crippen molar-refractivity contribution in [3.05, 3.63) is 229 Å². The maximum atomic E-state index is 2.43. The SMILES string of the molecule is c1ccc(N(c2ccccc2)c2ccc(-c3ccc4c(c3)Sc3ccccc3C43c4ccccc4N(c4ccccc4)c4ccccc43)cc2)cc1. The van der Waals surface area contributed by atoms with Crippen LogP contribution in [0.25, 0.3) is 11.1 Å². The van der Waals surface area contributed by atoms with Gasteiger partial charge in [-0.25, -0.2) is 0 Å². The highest BCUT2D eigenvalue weighted by atomic mass is 32.2. The fraction of sp³-hybridized carbons (Fsp3) is 0.0204. The summed E-state index contributed by atoms with van der Waals surface area (Å²) in [7, 11) is 0. The van der Waals surface area contributed by atoms with Gasteiger partial charge in [0.05, 0.1) is 16.8 Å². The molecule has 8 aromatic carbocycles. The van der Waals surface area contributed by atoms with E-state index in [0.717, 1.165) is 22.7 Å². The predicted octanol–water partition coefficient (Wildman–Crippen LogP) is 13.5. The molecule has 0 radical (unpaired) electrons. The molecule has 3 heteroatoms. The molecule has 0 N–H and O–H groups in total. The molecule has 10 rings (SSSR count). The van der Waals surface area contributed by atoms with Crippen molar-refractivity contribution in [2.75, 3.05) is 9.80 Å². The summed E-state index contributed by atoms with van der Waals surface area (Å²) in [5.74, 6) is 0. The van der Waals surface area contributed by atoms with Crippen molar-refractivity contribution in [3.8, 4) is 11.1 Å². The number of rotatable bonds is 5. The molecule has 0 aromatic heterocycles. The number of hydrogen-bond acceptors (Lipinski definition) is 3. The van der Waals surface area contributed by atoms with Gasteiger partial charge in [0.1, 0.15) is 0 Å². The molecule has 1 spiro atoms. The Balaban J connectivity index is 1.13. The van der Waals surface area contributed by atoms with Crippen LogP contribution in [-0.4, -0.2) is 0 Å². The zero-order chi connectivity index (χ0) is 34.5. The molecule has 246 valence electrons. The highest BCUT2D eigenvalue weighted by molar-refractivity contribution is 7.99. The average Bonchev–Trinajstić information content (AvgIpc) is 3.22. The van der Waals surface area contributed by atoms with Gasteiger partial charge >= 0.3 is 0 Å². The Morgan fingerprint density at radius 1 is 0.365 bits per heavy atom. The van der Waals surface area contributed by atoms with Gasteiger partial charge in [-0.15, -0.1) is 0 Å². The summed E-state index contributed by atoms with van der Waals surface area (Å²) >= 11 is 1.89. The summed E-state index contributed by atoms with van der Waals surface area (Å²) in [6.45, 7) is 0. The first-order valence-electron chi connectivity index (χ1n) is 17.8. The molecule has 0 fully saturated rings. The molecular weight excluding hydrogens is 649 g/mol. The standard InChI is InChI=1S/C49H34N2S/c1-4-16-37(17-5-1)50(38-18-6-2-7-19-38)40-31-28-35(29-32-40)36-30-33-44-48(34-36)52-47-27-15-12-24-43(47)49(44)41-22-10-13-25-45(41)51(39-20-8-3-9-21-39)46-26-14-11-23-42(46)49/h1-34H. The highest BCUT2D eigenvalue weighted by Gasteiger charge is 2.50. The normalized spacial score (nSPS) is 13.4. The Morgan fingerprint density at radius 3 is 1.44 bits per heavy atom. The molecule has 0 atom stereocenters. The van der Waals surface area contributed by atoms with Crippen LogP contribution in [0, 0.1) is 0 Å². The summed E-state index contributed by atoms with van der Waals surface area (Å²) in [6, 6.07) is 75.1. The smallest absolute Gasteiger partial charge is 0.0764 e. The van der Waals surface area contributed by atoms with Crippen LogP contribution in [0.1, 0.15) is 22.3 Å². The van der Waals surface area contributed by atoms with Crippen molar-refractivity contribution < 1.29 is 0 Å². The van der Waals surface area contributed by atoms with Crippen LogP contribution < -0.4 is 9.80 Å². The quantitative estimate of drug-likeness (QED) is 0.178. The number of nitrogens with zero attached hydrogens (tertiary/aromatic N) is 2. The average molecular weight is 683 g/mol. The molecule has 2 aliphatic heterocycles. The summed E-state index contributed by atoms with van der Waals surface area (Å²) in [6.07, 6.45) is 0. The van der Waals surface area contributed by atoms with Gasteiger partial charge in [0.15, 0.2) is 0 Å². The Hall–Kier alpha value is -6.29. The number of anilines is 6. The van der Waals surface area contributed by atoms with E-state index in [1.54, 1.807) is 0 Å². The van der Waals surface area contributed by atoms with Crippen molar-refractivity contribution in [1.29, 1.82) is 0 Å². The third-order valence-corrected chi connectivity index (χ3v) is 11.6. The van der Waals surface area contributed by atoms with Crippen molar-refractivity contribution in [3.63, 3.8) is 0 Å². The lowest BCUT2D eigenvalue weighted by atomic mass is 9.62. The maximum absolute atomic E-state index is 2.43. The van der Waals surface area contributed by atoms with E-state index in [0.29, 0.717) is 0 Å². The van der Waals surface area contributed by atoms with Crippen LogP contribution in [0.2, 0.25) is 0 Å². The summed E-state index contributed by atoms with van der Waals surface area (Å²) in [5.41, 5.74) is 14.1. The van der Waals surface area contributed by atoms with Crippen molar-refractivity contribution in [2.45, 2.75) is 15.2 Å². The largest absolute Gasteiger partial charge is 0.311 e. The fourth-order valence-electron chi connectivity index (χ4n) is 8.31. The minimum absolute atomic E-state index is 0.482. The van der Waals surface area contributed by atoms with E-state index in [1.165, 1.54) is 54.5 Å². The van der Waals surface area contributed by atoms with Gasteiger partial charge in [0.25, 0.3) is 0 Å². The monoisotopic (exact) mass is 682 g/mol. The first-order valence-corrected chi connectivity index (χ1v) is 18.6. The van der Waals surface area contributed by atoms with Gasteiger partial charge < -0.3 is 9.80 Å². The van der Waals surface area contributed by atoms with Gasteiger partial charge in [-0.2, -0.15) is 0 Å². The van der Waals surface area contributed by atoms with Crippen molar-refractivity contribution in [1.82, 2.24) is 0 Å². The van der Waals surface area contributed by atoms with E-state index in [9.17, 15) is 0 Å². The Morgan fingerprint density at radius 2 is 0.827 bits per heavy atom. The summed E-state index contributed by atoms with van der Waals surface area (Å²) < 4.78 is 0. The van der Waals surface area contributed by atoms with Crippen LogP contribution in [0.15, 0.2) is 216 Å². The topological polar surface area (TPSA) is 6.48 Å². The summed E-state index contributed by atoms with van der Waals surface area (Å²) in [4.78, 5) is 7.32. The third-order valence-electron chi connectivity index (χ3n) is 10.5. The maximum Gasteiger partial charge on any atom is 0.0764 e. The molecule has 0 amide bonds. The Kier molecular flexibility index (Phi) is 7.33. The van der Waals surface area contributed by atoms with Crippen LogP contribution in [0.3, 0.4) is 0 Å². The number of para-hydroxylation sites is 5. The molecule has 0 bridgehead atoms. The van der Waals surface area contributed by atoms with Gasteiger partial charge in [-0.05, 0) is 106 Å². The van der Waals surface area contributed by atoms with E-state index >= 15 is 0 Å². The lowest BCUT2D eigenvalue weighted by Gasteiger charge is -2.49. The fourth-order valence-corrected chi connectivity index (χ4v) is 9.54. The molecule has 0 unspecified atom stereocenters. The minimum atomic E-state index is -0.482. The molecule has 2 nitrogen and oxygen atoms in total. The first-order chi connectivity index (χ1) is 25.8. The van der Waals surface area contributed by atoms with E-state index in [1.807, 2.05) is 11.8 Å². The van der Waals surface area contributed by atoms with Gasteiger partial charge in [-0.1, -0.05) is 145 Å². The second kappa shape index (κ2) is 12.5. The van der Waals surface area contributed by atoms with Gasteiger partial charge in [-0.3, -0.25) is 0 Å². The minimum Gasteiger partial charge on any atom is -0.311 e. The van der Waals surface area contributed by atoms with Crippen LogP contribution in [0.5, 0.6) is 0 Å². The zero-order valence-electron chi connectivity index (χ0n) is 28.4. The summed E-state index contributed by atoms with van der Waals surface area (Å²) in [5, 5.41) is 0. The molecule has 2 aliphatic rings. The Labute approximate surface area is 309 Å². The van der Waals surface area contributed by atoms with Crippen molar-refractivity contribution in [2.24, 2.45) is 0 Å². The van der Waals surface area contributed by atoms with Crippen LogP contribution in [-0.2, 0) is 5.41 Å². The molecule has 52 heavy (non-hydrogen) atoms. The second-order valence-corrected chi connectivity index (χ2v) is 14.4. The number of benzene rings is 8. The zero-order valence-corrected chi connectivity index (χ0v) is 29.2. The second-order valence-electron chi connectivity index (χ2n) is 13.3. The number of fused-ring (bicyclic) bond motifs is 8. The van der Waals surface area contributed by atoms with E-state index in [-0.39, 0.29) is 0 Å². The van der Waals surface area contributed by atoms with E-state index < -0.39 is 5.41 Å². The van der Waals surface area contributed by atoms with Crippen LogP contribution in [0.4, 0.5) is 34.1 Å². The van der Waals surface area contributed by atoms with E-state index in [4.69, 9.17) is 0 Å². The molecule has 0 aliphatic carbocycles. The molecule has 0 saturated heterocycles. The lowest BCUT2D eigenvalue weighted by molar-refractivity contribution is 0.692. The first kappa shape index (κ1) is 30.5. The molecule has 0 saturated carbocycles. The van der Waals surface area contributed by atoms with E-state index in [2.05, 4.69) is 216 Å². The highest BCUT2D eigenvalue weighted by Crippen LogP contribution is 2.63. The van der Waals surface area contributed by atoms with Gasteiger partial charge in [0.2, 0.25) is 0 Å². The number of hydrogen-bond donors (Lipinski definition) is 0. The van der Waals surface area contributed by atoms with Crippen molar-refractivity contribution >= 4 is 45.9 Å². The molecule has 2 heterocycles. The Bertz CT molecular complexity index is 2460. The lowest BCUT2D eigenvalue weighted by Crippen LogP contribution is -2.39. The molecule has 8 aromatic rings. The third kappa shape index (κ3) is 4.74. The molecular formula is C49H34N2S. The van der Waals surface area contributed by atoms with Gasteiger partial charge in [0, 0.05) is 32.5 Å². The van der Waals surface area contributed by atoms with Crippen LogP contribution >= 0.6 is 11.8 Å².